The van der Waals surface area contributed by atoms with Crippen LogP contribution in [0.5, 0.6) is 0 Å². The van der Waals surface area contributed by atoms with Gasteiger partial charge in [-0.15, -0.1) is 0 Å². The van der Waals surface area contributed by atoms with Crippen molar-refractivity contribution >= 4 is 34.1 Å². The Hall–Kier alpha value is -2.40. The highest BCUT2D eigenvalue weighted by Crippen LogP contribution is 2.18. The average Bonchev–Trinajstić information content (AvgIpc) is 2.82. The lowest BCUT2D eigenvalue weighted by Crippen LogP contribution is -2.12. The predicted molar refractivity (Wildman–Crippen MR) is 73.3 cm³/mol. The van der Waals surface area contributed by atoms with Crippen LogP contribution in [-0.4, -0.2) is 21.1 Å². The summed E-state index contributed by atoms with van der Waals surface area (Å²) in [6, 6.07) is 8.70. The van der Waals surface area contributed by atoms with E-state index in [0.29, 0.717) is 21.8 Å². The first-order valence-electron chi connectivity index (χ1n) is 5.59. The topological polar surface area (TPSA) is 70.7 Å². The Morgan fingerprint density at radius 2 is 2.21 bits per heavy atom. The number of hydrogen-bond acceptors (Lipinski definition) is 3. The number of nitrogens with zero attached hydrogens (tertiary/aromatic N) is 2. The third-order valence-electron chi connectivity index (χ3n) is 2.66. The second kappa shape index (κ2) is 4.70. The number of fused-ring (bicyclic) bond motifs is 1. The van der Waals surface area contributed by atoms with Crippen LogP contribution in [0.1, 0.15) is 10.5 Å². The third-order valence-corrected chi connectivity index (χ3v) is 2.90. The van der Waals surface area contributed by atoms with Gasteiger partial charge >= 0.3 is 0 Å². The monoisotopic (exact) mass is 272 g/mol. The van der Waals surface area contributed by atoms with Crippen molar-refractivity contribution in [1.29, 1.82) is 0 Å². The smallest absolute Gasteiger partial charge is 0.276 e. The highest BCUT2D eigenvalue weighted by Gasteiger charge is 2.14. The number of nitrogens with one attached hydrogen (secondary N) is 2. The normalized spacial score (nSPS) is 10.6. The standard InChI is InChI=1S/C13H9ClN4O/c14-8-2-1-3-9(6-8)16-13(19)12-10-7-15-5-4-11(10)17-18-12/h1-7H,(H,16,19)(H,17,18). The number of carbonyl (C=O) groups is 1. The summed E-state index contributed by atoms with van der Waals surface area (Å²) in [6.07, 6.45) is 3.24. The Bertz CT molecular complexity index is 753. The molecule has 0 saturated heterocycles. The van der Waals surface area contributed by atoms with E-state index in [1.54, 1.807) is 42.7 Å². The van der Waals surface area contributed by atoms with Crippen LogP contribution in [0.4, 0.5) is 5.69 Å². The molecule has 0 atom stereocenters. The Balaban J connectivity index is 1.92. The minimum atomic E-state index is -0.304. The second-order valence-corrected chi connectivity index (χ2v) is 4.39. The van der Waals surface area contributed by atoms with Crippen LogP contribution >= 0.6 is 11.6 Å². The molecule has 19 heavy (non-hydrogen) atoms. The predicted octanol–water partition coefficient (Wildman–Crippen LogP) is 2.86. The minimum absolute atomic E-state index is 0.304. The van der Waals surface area contributed by atoms with Gasteiger partial charge in [-0.25, -0.2) is 0 Å². The van der Waals surface area contributed by atoms with Crippen molar-refractivity contribution < 1.29 is 4.79 Å². The summed E-state index contributed by atoms with van der Waals surface area (Å²) in [6.45, 7) is 0. The Labute approximate surface area is 113 Å². The van der Waals surface area contributed by atoms with Gasteiger partial charge < -0.3 is 5.32 Å². The lowest BCUT2D eigenvalue weighted by atomic mass is 10.2. The molecule has 5 nitrogen and oxygen atoms in total. The lowest BCUT2D eigenvalue weighted by molar-refractivity contribution is 0.102. The number of pyridine rings is 1. The molecule has 3 aromatic rings. The zero-order chi connectivity index (χ0) is 13.2. The number of aromatic nitrogens is 3. The maximum Gasteiger partial charge on any atom is 0.276 e. The molecule has 3 rings (SSSR count). The van der Waals surface area contributed by atoms with Gasteiger partial charge in [-0.3, -0.25) is 14.9 Å². The molecule has 0 fully saturated rings. The number of carbonyl (C=O) groups excluding carboxylic acids is 1. The maximum atomic E-state index is 12.1. The van der Waals surface area contributed by atoms with Crippen molar-refractivity contribution in [3.63, 3.8) is 0 Å². The lowest BCUT2D eigenvalue weighted by Gasteiger charge is -2.03. The van der Waals surface area contributed by atoms with Crippen LogP contribution in [0.3, 0.4) is 0 Å². The maximum absolute atomic E-state index is 12.1. The fraction of sp³-hybridized carbons (Fsp3) is 0. The molecule has 0 spiro atoms. The number of anilines is 1. The summed E-state index contributed by atoms with van der Waals surface area (Å²) in [7, 11) is 0. The van der Waals surface area contributed by atoms with Crippen molar-refractivity contribution in [3.05, 3.63) is 53.4 Å². The van der Waals surface area contributed by atoms with E-state index in [1.807, 2.05) is 0 Å². The van der Waals surface area contributed by atoms with Gasteiger partial charge in [0.25, 0.3) is 5.91 Å². The molecule has 1 aromatic carbocycles. The number of hydrogen-bond donors (Lipinski definition) is 2. The first-order chi connectivity index (χ1) is 9.24. The van der Waals surface area contributed by atoms with E-state index in [4.69, 9.17) is 11.6 Å². The Kier molecular flexibility index (Phi) is 2.89. The zero-order valence-corrected chi connectivity index (χ0v) is 10.5. The molecule has 2 N–H and O–H groups in total. The summed E-state index contributed by atoms with van der Waals surface area (Å²) in [5, 5.41) is 10.8. The SMILES string of the molecule is O=C(Nc1cccc(Cl)c1)c1n[nH]c2ccncc12. The van der Waals surface area contributed by atoms with Crippen LogP contribution < -0.4 is 5.32 Å². The van der Waals surface area contributed by atoms with E-state index < -0.39 is 0 Å². The van der Waals surface area contributed by atoms with Gasteiger partial charge in [0.2, 0.25) is 0 Å². The molecule has 6 heteroatoms. The summed E-state index contributed by atoms with van der Waals surface area (Å²) in [5.74, 6) is -0.304. The average molecular weight is 273 g/mol. The fourth-order valence-electron chi connectivity index (χ4n) is 1.79. The van der Waals surface area contributed by atoms with Gasteiger partial charge in [-0.2, -0.15) is 5.10 Å². The van der Waals surface area contributed by atoms with Crippen LogP contribution in [0.15, 0.2) is 42.7 Å². The number of benzene rings is 1. The number of aromatic amines is 1. The van der Waals surface area contributed by atoms with Crippen LogP contribution in [0.25, 0.3) is 10.9 Å². The zero-order valence-electron chi connectivity index (χ0n) is 9.72. The molecule has 0 aliphatic heterocycles. The quantitative estimate of drug-likeness (QED) is 0.753. The largest absolute Gasteiger partial charge is 0.321 e. The summed E-state index contributed by atoms with van der Waals surface area (Å²) >= 11 is 5.87. The van der Waals surface area contributed by atoms with Crippen LogP contribution in [0.2, 0.25) is 5.02 Å². The fourth-order valence-corrected chi connectivity index (χ4v) is 1.98. The van der Waals surface area contributed by atoms with Crippen molar-refractivity contribution in [3.8, 4) is 0 Å². The van der Waals surface area contributed by atoms with Crippen LogP contribution in [0, 0.1) is 0 Å². The Morgan fingerprint density at radius 1 is 1.32 bits per heavy atom. The van der Waals surface area contributed by atoms with Gasteiger partial charge in [-0.05, 0) is 24.3 Å². The molecule has 94 valence electrons. The first kappa shape index (κ1) is 11.7. The van der Waals surface area contributed by atoms with Crippen molar-refractivity contribution in [2.75, 3.05) is 5.32 Å². The summed E-state index contributed by atoms with van der Waals surface area (Å²) < 4.78 is 0. The van der Waals surface area contributed by atoms with Crippen LogP contribution in [-0.2, 0) is 0 Å². The van der Waals surface area contributed by atoms with Gasteiger partial charge in [-0.1, -0.05) is 17.7 Å². The third kappa shape index (κ3) is 2.28. The van der Waals surface area contributed by atoms with E-state index in [2.05, 4.69) is 20.5 Å². The Morgan fingerprint density at radius 3 is 3.05 bits per heavy atom. The summed E-state index contributed by atoms with van der Waals surface area (Å²) in [4.78, 5) is 16.1. The van der Waals surface area contributed by atoms with Crippen molar-refractivity contribution in [1.82, 2.24) is 15.2 Å². The van der Waals surface area contributed by atoms with Crippen molar-refractivity contribution in [2.45, 2.75) is 0 Å². The number of rotatable bonds is 2. The molecule has 2 aromatic heterocycles. The first-order valence-corrected chi connectivity index (χ1v) is 5.97. The molecule has 0 aliphatic rings. The van der Waals surface area contributed by atoms with E-state index >= 15 is 0 Å². The molecule has 0 unspecified atom stereocenters. The molecule has 0 aliphatic carbocycles. The molecule has 0 radical (unpaired) electrons. The number of halogens is 1. The second-order valence-electron chi connectivity index (χ2n) is 3.96. The highest BCUT2D eigenvalue weighted by molar-refractivity contribution is 6.31. The molecule has 0 saturated carbocycles. The van der Waals surface area contributed by atoms with Gasteiger partial charge in [0.1, 0.15) is 0 Å². The highest BCUT2D eigenvalue weighted by atomic mass is 35.5. The van der Waals surface area contributed by atoms with Gasteiger partial charge in [0.15, 0.2) is 5.69 Å². The van der Waals surface area contributed by atoms with E-state index in [-0.39, 0.29) is 5.91 Å². The number of amides is 1. The molecular formula is C13H9ClN4O. The molecule has 1 amide bonds. The van der Waals surface area contributed by atoms with E-state index in [9.17, 15) is 4.79 Å². The summed E-state index contributed by atoms with van der Waals surface area (Å²) in [5.41, 5.74) is 1.70. The van der Waals surface area contributed by atoms with Gasteiger partial charge in [0.05, 0.1) is 10.9 Å². The molecular weight excluding hydrogens is 264 g/mol. The van der Waals surface area contributed by atoms with E-state index in [1.165, 1.54) is 0 Å². The molecule has 0 bridgehead atoms. The van der Waals surface area contributed by atoms with E-state index in [0.717, 1.165) is 5.52 Å². The van der Waals surface area contributed by atoms with Crippen molar-refractivity contribution in [2.24, 2.45) is 0 Å². The minimum Gasteiger partial charge on any atom is -0.321 e. The number of H-pyrrole nitrogens is 1. The molecule has 2 heterocycles. The van der Waals surface area contributed by atoms with Gasteiger partial charge in [0, 0.05) is 23.1 Å².